The molecular weight excluding hydrogens is 254 g/mol. The van der Waals surface area contributed by atoms with E-state index in [9.17, 15) is 0 Å². The Morgan fingerprint density at radius 2 is 2.05 bits per heavy atom. The number of likely N-dealkylation sites (N-methyl/N-ethyl adjacent to an activating group) is 1. The molecule has 0 aliphatic carbocycles. The van der Waals surface area contributed by atoms with Crippen LogP contribution in [0.4, 0.5) is 0 Å². The zero-order valence-electron chi connectivity index (χ0n) is 13.0. The highest BCUT2D eigenvalue weighted by Crippen LogP contribution is 2.14. The van der Waals surface area contributed by atoms with E-state index < -0.39 is 0 Å². The second-order valence-corrected chi connectivity index (χ2v) is 6.99. The molecule has 0 saturated heterocycles. The highest BCUT2D eigenvalue weighted by Gasteiger charge is 2.12. The van der Waals surface area contributed by atoms with E-state index >= 15 is 0 Å². The van der Waals surface area contributed by atoms with Crippen molar-refractivity contribution < 1.29 is 0 Å². The zero-order valence-corrected chi connectivity index (χ0v) is 13.8. The van der Waals surface area contributed by atoms with E-state index in [2.05, 4.69) is 56.9 Å². The molecule has 1 heterocycles. The highest BCUT2D eigenvalue weighted by atomic mass is 32.2. The first-order chi connectivity index (χ1) is 9.06. The van der Waals surface area contributed by atoms with Gasteiger partial charge in [0.25, 0.3) is 0 Å². The van der Waals surface area contributed by atoms with E-state index in [4.69, 9.17) is 5.10 Å². The molecule has 0 aromatic carbocycles. The van der Waals surface area contributed by atoms with Crippen molar-refractivity contribution in [3.05, 3.63) is 18.0 Å². The number of nitrogens with one attached hydrogen (secondary N) is 1. The standard InChI is InChI=1S/C15H29N3S/c1-6-13(5)18-9-8-14(17-18)10-15(16-7-2)11-19-12(3)4/h8-9,12-13,15-16H,6-7,10-11H2,1-5H3. The van der Waals surface area contributed by atoms with Crippen molar-refractivity contribution in [3.63, 3.8) is 0 Å². The van der Waals surface area contributed by atoms with E-state index in [1.165, 1.54) is 5.69 Å². The van der Waals surface area contributed by atoms with Crippen LogP contribution in [0.1, 0.15) is 52.8 Å². The maximum atomic E-state index is 4.70. The Hall–Kier alpha value is -0.480. The van der Waals surface area contributed by atoms with Crippen molar-refractivity contribution in [1.29, 1.82) is 0 Å². The van der Waals surface area contributed by atoms with Gasteiger partial charge in [-0.2, -0.15) is 16.9 Å². The van der Waals surface area contributed by atoms with E-state index in [1.807, 2.05) is 11.8 Å². The van der Waals surface area contributed by atoms with E-state index in [-0.39, 0.29) is 0 Å². The molecule has 0 radical (unpaired) electrons. The molecule has 0 amide bonds. The van der Waals surface area contributed by atoms with Gasteiger partial charge >= 0.3 is 0 Å². The summed E-state index contributed by atoms with van der Waals surface area (Å²) >= 11 is 2.02. The molecule has 110 valence electrons. The van der Waals surface area contributed by atoms with Crippen LogP contribution in [0.5, 0.6) is 0 Å². The molecule has 1 aromatic heterocycles. The third kappa shape index (κ3) is 6.00. The summed E-state index contributed by atoms with van der Waals surface area (Å²) in [6.45, 7) is 12.1. The molecule has 1 N–H and O–H groups in total. The lowest BCUT2D eigenvalue weighted by Gasteiger charge is -2.17. The summed E-state index contributed by atoms with van der Waals surface area (Å²) in [5, 5.41) is 8.96. The molecule has 2 unspecified atom stereocenters. The van der Waals surface area contributed by atoms with Gasteiger partial charge in [0.2, 0.25) is 0 Å². The largest absolute Gasteiger partial charge is 0.313 e. The van der Waals surface area contributed by atoms with Gasteiger partial charge in [0.05, 0.1) is 5.69 Å². The maximum absolute atomic E-state index is 4.70. The smallest absolute Gasteiger partial charge is 0.0640 e. The van der Waals surface area contributed by atoms with Crippen molar-refractivity contribution in [2.45, 2.75) is 64.8 Å². The maximum Gasteiger partial charge on any atom is 0.0640 e. The van der Waals surface area contributed by atoms with E-state index in [0.29, 0.717) is 17.3 Å². The van der Waals surface area contributed by atoms with Crippen LogP contribution in [-0.2, 0) is 6.42 Å². The van der Waals surface area contributed by atoms with Crippen LogP contribution in [0.2, 0.25) is 0 Å². The summed E-state index contributed by atoms with van der Waals surface area (Å²) in [6.07, 6.45) is 4.26. The average molecular weight is 283 g/mol. The number of rotatable bonds is 9. The molecule has 3 nitrogen and oxygen atoms in total. The zero-order chi connectivity index (χ0) is 14.3. The Morgan fingerprint density at radius 3 is 2.63 bits per heavy atom. The van der Waals surface area contributed by atoms with Crippen LogP contribution in [0, 0.1) is 0 Å². The second kappa shape index (κ2) is 8.64. The Labute approximate surface area is 122 Å². The van der Waals surface area contributed by atoms with Crippen LogP contribution < -0.4 is 5.32 Å². The Kier molecular flexibility index (Phi) is 7.54. The monoisotopic (exact) mass is 283 g/mol. The molecule has 19 heavy (non-hydrogen) atoms. The van der Waals surface area contributed by atoms with Crippen LogP contribution in [0.25, 0.3) is 0 Å². The van der Waals surface area contributed by atoms with E-state index in [0.717, 1.165) is 25.1 Å². The molecule has 2 atom stereocenters. The summed E-state index contributed by atoms with van der Waals surface area (Å²) in [5.74, 6) is 1.15. The van der Waals surface area contributed by atoms with Crippen molar-refractivity contribution >= 4 is 11.8 Å². The van der Waals surface area contributed by atoms with Crippen LogP contribution in [0.15, 0.2) is 12.3 Å². The van der Waals surface area contributed by atoms with Crippen molar-refractivity contribution in [3.8, 4) is 0 Å². The quantitative estimate of drug-likeness (QED) is 0.752. The minimum atomic E-state index is 0.497. The first-order valence-corrected chi connectivity index (χ1v) is 8.50. The van der Waals surface area contributed by atoms with Gasteiger partial charge in [-0.3, -0.25) is 4.68 Å². The van der Waals surface area contributed by atoms with Crippen LogP contribution in [-0.4, -0.2) is 33.4 Å². The number of thioether (sulfide) groups is 1. The summed E-state index contributed by atoms with van der Waals surface area (Å²) in [7, 11) is 0. The van der Waals surface area contributed by atoms with Gasteiger partial charge in [0.15, 0.2) is 0 Å². The molecule has 4 heteroatoms. The lowest BCUT2D eigenvalue weighted by molar-refractivity contribution is 0.469. The predicted molar refractivity (Wildman–Crippen MR) is 86.0 cm³/mol. The van der Waals surface area contributed by atoms with Crippen LogP contribution in [0.3, 0.4) is 0 Å². The van der Waals surface area contributed by atoms with Gasteiger partial charge in [-0.15, -0.1) is 0 Å². The predicted octanol–water partition coefficient (Wildman–Crippen LogP) is 3.52. The van der Waals surface area contributed by atoms with Crippen LogP contribution >= 0.6 is 11.8 Å². The van der Waals surface area contributed by atoms with Crippen molar-refractivity contribution in [2.75, 3.05) is 12.3 Å². The number of nitrogens with zero attached hydrogens (tertiary/aromatic N) is 2. The molecule has 1 rings (SSSR count). The van der Waals surface area contributed by atoms with Gasteiger partial charge in [0, 0.05) is 30.5 Å². The first-order valence-electron chi connectivity index (χ1n) is 7.45. The summed E-state index contributed by atoms with van der Waals surface area (Å²) in [4.78, 5) is 0. The third-order valence-corrected chi connectivity index (χ3v) is 4.55. The fraction of sp³-hybridized carbons (Fsp3) is 0.800. The summed E-state index contributed by atoms with van der Waals surface area (Å²) in [5.41, 5.74) is 1.20. The summed E-state index contributed by atoms with van der Waals surface area (Å²) < 4.78 is 2.09. The topological polar surface area (TPSA) is 29.9 Å². The fourth-order valence-corrected chi connectivity index (χ4v) is 2.81. The average Bonchev–Trinajstić information content (AvgIpc) is 2.83. The third-order valence-electron chi connectivity index (χ3n) is 3.29. The molecule has 1 aromatic rings. The minimum Gasteiger partial charge on any atom is -0.313 e. The van der Waals surface area contributed by atoms with Crippen molar-refractivity contribution in [2.24, 2.45) is 0 Å². The van der Waals surface area contributed by atoms with Gasteiger partial charge in [0.1, 0.15) is 0 Å². The number of hydrogen-bond donors (Lipinski definition) is 1. The number of aromatic nitrogens is 2. The normalized spacial score (nSPS) is 14.8. The molecule has 0 aliphatic heterocycles. The lowest BCUT2D eigenvalue weighted by atomic mass is 10.2. The number of hydrogen-bond acceptors (Lipinski definition) is 3. The van der Waals surface area contributed by atoms with Gasteiger partial charge in [-0.05, 0) is 31.2 Å². The van der Waals surface area contributed by atoms with Gasteiger partial charge in [-0.25, -0.2) is 0 Å². The SMILES string of the molecule is CCNC(CSC(C)C)Cc1ccn(C(C)CC)n1. The molecule has 0 spiro atoms. The second-order valence-electron chi connectivity index (χ2n) is 5.39. The Morgan fingerprint density at radius 1 is 1.32 bits per heavy atom. The fourth-order valence-electron chi connectivity index (χ4n) is 1.96. The van der Waals surface area contributed by atoms with Gasteiger partial charge in [-0.1, -0.05) is 27.7 Å². The molecule has 0 bridgehead atoms. The molecule has 0 aliphatic rings. The first kappa shape index (κ1) is 16.6. The van der Waals surface area contributed by atoms with E-state index in [1.54, 1.807) is 0 Å². The Balaban J connectivity index is 2.55. The Bertz CT molecular complexity index is 349. The minimum absolute atomic E-state index is 0.497. The molecule has 0 fully saturated rings. The lowest BCUT2D eigenvalue weighted by Crippen LogP contribution is -2.33. The molecule has 0 saturated carbocycles. The summed E-state index contributed by atoms with van der Waals surface area (Å²) in [6, 6.07) is 3.19. The molecular formula is C15H29N3S. The highest BCUT2D eigenvalue weighted by molar-refractivity contribution is 7.99. The van der Waals surface area contributed by atoms with Crippen molar-refractivity contribution in [1.82, 2.24) is 15.1 Å². The van der Waals surface area contributed by atoms with Gasteiger partial charge < -0.3 is 5.32 Å².